The van der Waals surface area contributed by atoms with Crippen LogP contribution in [-0.2, 0) is 0 Å². The van der Waals surface area contributed by atoms with Gasteiger partial charge in [0.1, 0.15) is 5.69 Å². The van der Waals surface area contributed by atoms with Gasteiger partial charge in [0.05, 0.1) is 11.3 Å². The Morgan fingerprint density at radius 2 is 1.86 bits per heavy atom. The minimum atomic E-state index is -0.0970. The number of aromatic nitrogens is 3. The topological polar surface area (TPSA) is 50.7 Å². The second-order valence-corrected chi connectivity index (χ2v) is 5.66. The van der Waals surface area contributed by atoms with Gasteiger partial charge < -0.3 is 4.98 Å². The monoisotopic (exact) mass is 289 g/mol. The zero-order chi connectivity index (χ0) is 15.3. The molecule has 2 aliphatic rings. The first-order valence-corrected chi connectivity index (χ1v) is 7.21. The number of rotatable bonds is 1. The van der Waals surface area contributed by atoms with Crippen LogP contribution in [0.3, 0.4) is 0 Å². The van der Waals surface area contributed by atoms with Gasteiger partial charge in [0, 0.05) is 17.1 Å². The number of fused-ring (bicyclic) bond motifs is 3. The van der Waals surface area contributed by atoms with Crippen molar-refractivity contribution in [3.63, 3.8) is 0 Å². The molecule has 4 nitrogen and oxygen atoms in total. The molecule has 22 heavy (non-hydrogen) atoms. The largest absolute Gasteiger partial charge is 0.360 e. The Kier molecular flexibility index (Phi) is 2.66. The molecule has 0 spiro atoms. The molecule has 0 aliphatic carbocycles. The van der Waals surface area contributed by atoms with Gasteiger partial charge in [0.15, 0.2) is 0 Å². The molecule has 0 saturated heterocycles. The lowest BCUT2D eigenvalue weighted by Crippen LogP contribution is -2.14. The van der Waals surface area contributed by atoms with Crippen LogP contribution in [-0.4, -0.2) is 14.8 Å². The highest BCUT2D eigenvalue weighted by Crippen LogP contribution is 2.26. The molecule has 0 atom stereocenters. The lowest BCUT2D eigenvalue weighted by Gasteiger charge is -2.03. The Hall–Kier alpha value is -2.88. The van der Waals surface area contributed by atoms with Gasteiger partial charge in [-0.05, 0) is 43.7 Å². The number of nitrogens with one attached hydrogen (secondary N) is 1. The van der Waals surface area contributed by atoms with Crippen LogP contribution in [0.25, 0.3) is 27.8 Å². The van der Waals surface area contributed by atoms with E-state index in [1.165, 1.54) is 4.68 Å². The quantitative estimate of drug-likeness (QED) is 0.583. The van der Waals surface area contributed by atoms with Gasteiger partial charge in [-0.15, -0.1) is 0 Å². The molecule has 0 unspecified atom stereocenters. The Bertz CT molecular complexity index is 1030. The van der Waals surface area contributed by atoms with Crippen LogP contribution in [0.1, 0.15) is 11.1 Å². The van der Waals surface area contributed by atoms with Crippen molar-refractivity contribution in [3.8, 4) is 16.9 Å². The van der Waals surface area contributed by atoms with Gasteiger partial charge in [0.25, 0.3) is 5.56 Å². The summed E-state index contributed by atoms with van der Waals surface area (Å²) in [5.74, 6) is 0. The minimum absolute atomic E-state index is 0.0970. The molecule has 1 N–H and O–H groups in total. The SMILES string of the molecule is Cc1cccc(-n2nc3c4cc(C)ccc4[nH]cc-3c2=O)c1. The third kappa shape index (κ3) is 1.84. The number of nitrogens with zero attached hydrogens (tertiary/aromatic N) is 2. The number of pyridine rings is 1. The van der Waals surface area contributed by atoms with Gasteiger partial charge in [-0.25, -0.2) is 0 Å². The van der Waals surface area contributed by atoms with Crippen molar-refractivity contribution in [3.05, 3.63) is 70.1 Å². The molecule has 2 aliphatic heterocycles. The molecule has 2 heterocycles. The maximum atomic E-state index is 12.6. The molecule has 4 rings (SSSR count). The van der Waals surface area contributed by atoms with Crippen LogP contribution in [0.2, 0.25) is 0 Å². The molecule has 0 fully saturated rings. The summed E-state index contributed by atoms with van der Waals surface area (Å²) in [6.07, 6.45) is 1.74. The summed E-state index contributed by atoms with van der Waals surface area (Å²) in [6.45, 7) is 4.04. The summed E-state index contributed by atoms with van der Waals surface area (Å²) in [7, 11) is 0. The molecule has 0 bridgehead atoms. The minimum Gasteiger partial charge on any atom is -0.360 e. The number of aryl methyl sites for hydroxylation is 2. The number of aromatic amines is 1. The van der Waals surface area contributed by atoms with Crippen LogP contribution in [0.4, 0.5) is 0 Å². The van der Waals surface area contributed by atoms with Crippen molar-refractivity contribution in [1.29, 1.82) is 0 Å². The average molecular weight is 289 g/mol. The first kappa shape index (κ1) is 12.8. The van der Waals surface area contributed by atoms with Crippen LogP contribution >= 0.6 is 0 Å². The van der Waals surface area contributed by atoms with E-state index in [4.69, 9.17) is 0 Å². The summed E-state index contributed by atoms with van der Waals surface area (Å²) in [5.41, 5.74) is 5.27. The van der Waals surface area contributed by atoms with E-state index in [2.05, 4.69) is 16.1 Å². The predicted molar refractivity (Wildman–Crippen MR) is 87.8 cm³/mol. The zero-order valence-corrected chi connectivity index (χ0v) is 12.4. The Morgan fingerprint density at radius 3 is 2.68 bits per heavy atom. The van der Waals surface area contributed by atoms with E-state index in [1.54, 1.807) is 6.20 Å². The molecule has 0 aromatic heterocycles. The molecular weight excluding hydrogens is 274 g/mol. The fourth-order valence-electron chi connectivity index (χ4n) is 2.81. The predicted octanol–water partition coefficient (Wildman–Crippen LogP) is 3.44. The van der Waals surface area contributed by atoms with Crippen molar-refractivity contribution >= 4 is 10.9 Å². The van der Waals surface area contributed by atoms with E-state index in [0.717, 1.165) is 33.4 Å². The first-order chi connectivity index (χ1) is 10.6. The lowest BCUT2D eigenvalue weighted by molar-refractivity contribution is 0.858. The van der Waals surface area contributed by atoms with Gasteiger partial charge in [-0.1, -0.05) is 23.8 Å². The highest BCUT2D eigenvalue weighted by atomic mass is 16.1. The van der Waals surface area contributed by atoms with Crippen LogP contribution in [0.5, 0.6) is 0 Å². The van der Waals surface area contributed by atoms with Gasteiger partial charge in [-0.2, -0.15) is 9.78 Å². The van der Waals surface area contributed by atoms with Crippen molar-refractivity contribution in [1.82, 2.24) is 14.8 Å². The van der Waals surface area contributed by atoms with E-state index in [0.29, 0.717) is 5.56 Å². The van der Waals surface area contributed by atoms with E-state index < -0.39 is 0 Å². The van der Waals surface area contributed by atoms with Crippen molar-refractivity contribution < 1.29 is 0 Å². The van der Waals surface area contributed by atoms with Crippen LogP contribution < -0.4 is 5.56 Å². The molecule has 2 aromatic carbocycles. The summed E-state index contributed by atoms with van der Waals surface area (Å²) in [5, 5.41) is 5.55. The fraction of sp³-hybridized carbons (Fsp3) is 0.111. The second-order valence-electron chi connectivity index (χ2n) is 5.66. The number of H-pyrrole nitrogens is 1. The fourth-order valence-corrected chi connectivity index (χ4v) is 2.81. The molecule has 108 valence electrons. The molecule has 0 amide bonds. The third-order valence-electron chi connectivity index (χ3n) is 3.93. The number of benzene rings is 2. The number of hydrogen-bond donors (Lipinski definition) is 1. The van der Waals surface area contributed by atoms with Gasteiger partial charge in [0.2, 0.25) is 0 Å². The van der Waals surface area contributed by atoms with E-state index in [9.17, 15) is 4.79 Å². The lowest BCUT2D eigenvalue weighted by atomic mass is 10.1. The van der Waals surface area contributed by atoms with Crippen LogP contribution in [0.15, 0.2) is 53.5 Å². The number of hydrogen-bond acceptors (Lipinski definition) is 2. The Balaban J connectivity index is 2.08. The Labute approximate surface area is 127 Å². The normalized spacial score (nSPS) is 11.4. The molecule has 0 radical (unpaired) electrons. The van der Waals surface area contributed by atoms with E-state index >= 15 is 0 Å². The summed E-state index contributed by atoms with van der Waals surface area (Å²) < 4.78 is 1.48. The highest BCUT2D eigenvalue weighted by Gasteiger charge is 2.18. The summed E-state index contributed by atoms with van der Waals surface area (Å²) in [4.78, 5) is 15.8. The first-order valence-electron chi connectivity index (χ1n) is 7.21. The molecule has 4 heteroatoms. The molecule has 2 aromatic rings. The van der Waals surface area contributed by atoms with Crippen molar-refractivity contribution in [2.24, 2.45) is 0 Å². The van der Waals surface area contributed by atoms with E-state index in [-0.39, 0.29) is 5.56 Å². The summed E-state index contributed by atoms with van der Waals surface area (Å²) in [6, 6.07) is 13.9. The van der Waals surface area contributed by atoms with E-state index in [1.807, 2.05) is 50.2 Å². The highest BCUT2D eigenvalue weighted by molar-refractivity contribution is 5.93. The molecule has 0 saturated carbocycles. The molecular formula is C18H15N3O. The van der Waals surface area contributed by atoms with Gasteiger partial charge in [-0.3, -0.25) is 4.79 Å². The van der Waals surface area contributed by atoms with Gasteiger partial charge >= 0.3 is 0 Å². The maximum Gasteiger partial charge on any atom is 0.282 e. The summed E-state index contributed by atoms with van der Waals surface area (Å²) >= 11 is 0. The maximum absolute atomic E-state index is 12.6. The smallest absolute Gasteiger partial charge is 0.282 e. The second kappa shape index (κ2) is 4.56. The van der Waals surface area contributed by atoms with Crippen molar-refractivity contribution in [2.45, 2.75) is 13.8 Å². The van der Waals surface area contributed by atoms with Crippen LogP contribution in [0, 0.1) is 13.8 Å². The third-order valence-corrected chi connectivity index (χ3v) is 3.93. The average Bonchev–Trinajstić information content (AvgIpc) is 2.85. The standard InChI is InChI=1S/C18H15N3O/c1-11-4-3-5-13(8-11)21-18(22)15-10-19-16-7-6-12(2)9-14(16)17(15)20-21/h3-10,19H,1-2H3. The Morgan fingerprint density at radius 1 is 1.05 bits per heavy atom. The zero-order valence-electron chi connectivity index (χ0n) is 12.4. The van der Waals surface area contributed by atoms with Crippen molar-refractivity contribution in [2.75, 3.05) is 0 Å².